The molecule has 1 amide bonds. The Balaban J connectivity index is 2.73. The van der Waals surface area contributed by atoms with Crippen molar-refractivity contribution in [2.24, 2.45) is 0 Å². The summed E-state index contributed by atoms with van der Waals surface area (Å²) in [6.45, 7) is 0. The fourth-order valence-corrected chi connectivity index (χ4v) is 1.49. The molecular weight excluding hydrogens is 184 g/mol. The molecule has 4 heteroatoms. The number of nitrogens with zero attached hydrogens (tertiary/aromatic N) is 1. The van der Waals surface area contributed by atoms with E-state index in [4.69, 9.17) is 11.7 Å². The highest BCUT2D eigenvalue weighted by Crippen LogP contribution is 2.14. The molecule has 0 bridgehead atoms. The summed E-state index contributed by atoms with van der Waals surface area (Å²) < 4.78 is 0. The number of amides is 1. The lowest BCUT2D eigenvalue weighted by Gasteiger charge is -2.05. The van der Waals surface area contributed by atoms with E-state index in [1.807, 2.05) is 17.4 Å². The number of carbonyl (C=O) groups excluding carboxylic acids is 1. The van der Waals surface area contributed by atoms with E-state index in [1.165, 1.54) is 11.3 Å². The first-order valence-electron chi connectivity index (χ1n) is 3.46. The first-order chi connectivity index (χ1) is 6.27. The van der Waals surface area contributed by atoms with Gasteiger partial charge in [-0.15, -0.1) is 6.42 Å². The minimum Gasteiger partial charge on any atom is -0.326 e. The molecule has 3 nitrogen and oxygen atoms in total. The Labute approximate surface area is 80.0 Å². The molecule has 1 atom stereocenters. The second-order valence-corrected chi connectivity index (χ2v) is 3.02. The molecule has 13 heavy (non-hydrogen) atoms. The van der Waals surface area contributed by atoms with E-state index >= 15 is 0 Å². The zero-order valence-electron chi connectivity index (χ0n) is 6.65. The van der Waals surface area contributed by atoms with Crippen molar-refractivity contribution in [2.75, 3.05) is 0 Å². The van der Waals surface area contributed by atoms with Crippen molar-refractivity contribution in [3.05, 3.63) is 22.4 Å². The van der Waals surface area contributed by atoms with Crippen molar-refractivity contribution >= 4 is 17.2 Å². The van der Waals surface area contributed by atoms with Gasteiger partial charge < -0.3 is 5.32 Å². The Morgan fingerprint density at radius 2 is 2.54 bits per heavy atom. The zero-order valence-corrected chi connectivity index (χ0v) is 7.47. The Kier molecular flexibility index (Phi) is 3.08. The van der Waals surface area contributed by atoms with Gasteiger partial charge in [0.25, 0.3) is 5.91 Å². The van der Waals surface area contributed by atoms with Crippen LogP contribution in [0, 0.1) is 23.7 Å². The predicted octanol–water partition coefficient (Wildman–Crippen LogP) is 1.06. The van der Waals surface area contributed by atoms with Crippen LogP contribution in [-0.4, -0.2) is 5.91 Å². The molecule has 0 spiro atoms. The van der Waals surface area contributed by atoms with Crippen molar-refractivity contribution in [3.8, 4) is 18.4 Å². The molecule has 0 aliphatic carbocycles. The number of nitriles is 1. The van der Waals surface area contributed by atoms with Crippen molar-refractivity contribution in [2.45, 2.75) is 6.04 Å². The monoisotopic (exact) mass is 190 g/mol. The third-order valence-corrected chi connectivity index (χ3v) is 2.11. The molecule has 0 aliphatic heterocycles. The second kappa shape index (κ2) is 4.30. The molecule has 0 aromatic carbocycles. The fourth-order valence-electron chi connectivity index (χ4n) is 0.802. The van der Waals surface area contributed by atoms with Crippen LogP contribution in [0.4, 0.5) is 0 Å². The molecule has 1 aromatic rings. The lowest BCUT2D eigenvalue weighted by atomic mass is 10.2. The Morgan fingerprint density at radius 1 is 1.77 bits per heavy atom. The summed E-state index contributed by atoms with van der Waals surface area (Å²) >= 11 is 1.46. The molecule has 0 fully saturated rings. The number of thiophene rings is 1. The van der Waals surface area contributed by atoms with Crippen LogP contribution in [0.2, 0.25) is 0 Å². The molecule has 1 N–H and O–H groups in total. The molecule has 1 aromatic heterocycles. The van der Waals surface area contributed by atoms with Gasteiger partial charge >= 0.3 is 0 Å². The minimum absolute atomic E-state index is 0.572. The number of rotatable bonds is 2. The van der Waals surface area contributed by atoms with E-state index in [2.05, 4.69) is 5.32 Å². The van der Waals surface area contributed by atoms with Gasteiger partial charge in [-0.05, 0) is 28.3 Å². The molecule has 64 valence electrons. The first-order valence-corrected chi connectivity index (χ1v) is 4.41. The van der Waals surface area contributed by atoms with Gasteiger partial charge in [0.15, 0.2) is 0 Å². The van der Waals surface area contributed by atoms with Crippen LogP contribution in [0.3, 0.4) is 0 Å². The van der Waals surface area contributed by atoms with Crippen LogP contribution in [0.5, 0.6) is 0 Å². The highest BCUT2D eigenvalue weighted by molar-refractivity contribution is 7.08. The van der Waals surface area contributed by atoms with Gasteiger partial charge in [0.05, 0.1) is 6.07 Å². The highest BCUT2D eigenvalue weighted by Gasteiger charge is 2.11. The number of nitrogens with one attached hydrogen (secondary N) is 1. The summed E-state index contributed by atoms with van der Waals surface area (Å²) in [7, 11) is 0. The summed E-state index contributed by atoms with van der Waals surface area (Å²) in [4.78, 5) is 10.8. The lowest BCUT2D eigenvalue weighted by Crippen LogP contribution is -2.25. The molecule has 0 saturated carbocycles. The van der Waals surface area contributed by atoms with Gasteiger partial charge in [-0.25, -0.2) is 0 Å². The molecule has 1 heterocycles. The van der Waals surface area contributed by atoms with E-state index in [9.17, 15) is 4.79 Å². The Bertz CT molecular complexity index is 369. The highest BCUT2D eigenvalue weighted by atomic mass is 32.1. The largest absolute Gasteiger partial charge is 0.326 e. The standard InChI is InChI=1S/C9H6N2OS/c1-2-9(12)11-8(5-10)7-3-4-13-6-7/h1,3-4,6,8H,(H,11,12). The van der Waals surface area contributed by atoms with E-state index in [0.717, 1.165) is 5.56 Å². The predicted molar refractivity (Wildman–Crippen MR) is 49.6 cm³/mol. The maximum atomic E-state index is 10.8. The third-order valence-electron chi connectivity index (χ3n) is 1.41. The van der Waals surface area contributed by atoms with Crippen LogP contribution in [0.25, 0.3) is 0 Å². The van der Waals surface area contributed by atoms with Crippen LogP contribution in [0.1, 0.15) is 11.6 Å². The molecule has 1 unspecified atom stereocenters. The summed E-state index contributed by atoms with van der Waals surface area (Å²) in [6, 6.07) is 3.08. The first kappa shape index (κ1) is 9.31. The van der Waals surface area contributed by atoms with Crippen LogP contribution < -0.4 is 5.32 Å². The zero-order chi connectivity index (χ0) is 9.68. The Hall–Kier alpha value is -1.78. The van der Waals surface area contributed by atoms with Gasteiger partial charge in [-0.1, -0.05) is 0 Å². The van der Waals surface area contributed by atoms with Crippen LogP contribution in [0.15, 0.2) is 16.8 Å². The summed E-state index contributed by atoms with van der Waals surface area (Å²) in [5.41, 5.74) is 0.760. The normalized spacial score (nSPS) is 10.9. The molecule has 1 rings (SSSR count). The number of hydrogen-bond donors (Lipinski definition) is 1. The summed E-state index contributed by atoms with van der Waals surface area (Å²) in [6.07, 6.45) is 4.86. The van der Waals surface area contributed by atoms with Crippen molar-refractivity contribution in [1.29, 1.82) is 5.26 Å². The lowest BCUT2D eigenvalue weighted by molar-refractivity contribution is -0.116. The average molecular weight is 190 g/mol. The fraction of sp³-hybridized carbons (Fsp3) is 0.111. The Morgan fingerprint density at radius 3 is 3.00 bits per heavy atom. The quantitative estimate of drug-likeness (QED) is 0.709. The van der Waals surface area contributed by atoms with Crippen molar-refractivity contribution < 1.29 is 4.79 Å². The van der Waals surface area contributed by atoms with E-state index in [-0.39, 0.29) is 0 Å². The van der Waals surface area contributed by atoms with Gasteiger partial charge in [0.1, 0.15) is 6.04 Å². The van der Waals surface area contributed by atoms with E-state index in [0.29, 0.717) is 0 Å². The van der Waals surface area contributed by atoms with Gasteiger partial charge in [-0.2, -0.15) is 16.6 Å². The third kappa shape index (κ3) is 2.33. The van der Waals surface area contributed by atoms with Gasteiger partial charge in [0, 0.05) is 0 Å². The topological polar surface area (TPSA) is 52.9 Å². The van der Waals surface area contributed by atoms with Crippen molar-refractivity contribution in [1.82, 2.24) is 5.32 Å². The smallest absolute Gasteiger partial charge is 0.296 e. The van der Waals surface area contributed by atoms with Crippen LogP contribution >= 0.6 is 11.3 Å². The van der Waals surface area contributed by atoms with Crippen molar-refractivity contribution in [3.63, 3.8) is 0 Å². The van der Waals surface area contributed by atoms with Gasteiger partial charge in [-0.3, -0.25) is 4.79 Å². The number of hydrogen-bond acceptors (Lipinski definition) is 3. The number of carbonyl (C=O) groups is 1. The maximum absolute atomic E-state index is 10.8. The molecule has 0 radical (unpaired) electrons. The molecule has 0 aliphatic rings. The summed E-state index contributed by atoms with van der Waals surface area (Å²) in [5.74, 6) is 1.32. The number of terminal acetylenes is 1. The van der Waals surface area contributed by atoms with E-state index < -0.39 is 11.9 Å². The maximum Gasteiger partial charge on any atom is 0.296 e. The van der Waals surface area contributed by atoms with Gasteiger partial charge in [0.2, 0.25) is 0 Å². The summed E-state index contributed by atoms with van der Waals surface area (Å²) in [5, 5.41) is 14.7. The minimum atomic E-state index is -0.644. The van der Waals surface area contributed by atoms with E-state index in [1.54, 1.807) is 11.4 Å². The molecule has 0 saturated heterocycles. The SMILES string of the molecule is C#CC(=O)NC(C#N)c1ccsc1. The average Bonchev–Trinajstić information content (AvgIpc) is 2.66. The van der Waals surface area contributed by atoms with Crippen LogP contribution in [-0.2, 0) is 4.79 Å². The molecular formula is C9H6N2OS. The second-order valence-electron chi connectivity index (χ2n) is 2.24.